The summed E-state index contributed by atoms with van der Waals surface area (Å²) in [5.41, 5.74) is 1.04. The average Bonchev–Trinajstić information content (AvgIpc) is 2.98. The smallest absolute Gasteiger partial charge is 0.321 e. The zero-order valence-electron chi connectivity index (χ0n) is 14.9. The van der Waals surface area contributed by atoms with E-state index in [-0.39, 0.29) is 23.8 Å². The normalized spacial score (nSPS) is 27.6. The van der Waals surface area contributed by atoms with Crippen LogP contribution in [-0.2, 0) is 4.79 Å². The van der Waals surface area contributed by atoms with Gasteiger partial charge in [0.25, 0.3) is 0 Å². The van der Waals surface area contributed by atoms with Crippen LogP contribution in [-0.4, -0.2) is 59.5 Å². The van der Waals surface area contributed by atoms with Crippen molar-refractivity contribution in [2.45, 2.75) is 32.0 Å². The van der Waals surface area contributed by atoms with Crippen LogP contribution < -0.4 is 15.4 Å². The standard InChI is InChI=1S/C18H25N3O5/c1-10(22)19-13-3-4-17(26-2)14(7-13)20-18(25)21-8-11-5-15(23)16(24)6-12(11)9-21/h3-4,7,11-12,15-16,23-24H,5-6,8-9H2,1-2H3,(H,19,22)(H,20,25)/t11-,12+,15+,16-. The molecule has 3 amide bonds. The van der Waals surface area contributed by atoms with Gasteiger partial charge in [-0.2, -0.15) is 0 Å². The van der Waals surface area contributed by atoms with Gasteiger partial charge in [-0.1, -0.05) is 0 Å². The van der Waals surface area contributed by atoms with Crippen molar-refractivity contribution < 1.29 is 24.5 Å². The third-order valence-electron chi connectivity index (χ3n) is 5.16. The number of likely N-dealkylation sites (tertiary alicyclic amines) is 1. The van der Waals surface area contributed by atoms with E-state index in [9.17, 15) is 19.8 Å². The van der Waals surface area contributed by atoms with Gasteiger partial charge in [0.05, 0.1) is 25.0 Å². The maximum atomic E-state index is 12.7. The zero-order chi connectivity index (χ0) is 18.8. The summed E-state index contributed by atoms with van der Waals surface area (Å²) in [6.45, 7) is 2.51. The molecular formula is C18H25N3O5. The molecule has 8 nitrogen and oxygen atoms in total. The summed E-state index contributed by atoms with van der Waals surface area (Å²) >= 11 is 0. The molecule has 1 aromatic rings. The van der Waals surface area contributed by atoms with Crippen LogP contribution in [0.25, 0.3) is 0 Å². The molecule has 0 bridgehead atoms. The fourth-order valence-corrected chi connectivity index (χ4v) is 3.85. The molecule has 0 radical (unpaired) electrons. The number of ether oxygens (including phenoxy) is 1. The minimum atomic E-state index is -0.714. The van der Waals surface area contributed by atoms with Crippen LogP contribution >= 0.6 is 0 Å². The summed E-state index contributed by atoms with van der Waals surface area (Å²) in [6.07, 6.45) is -0.407. The summed E-state index contributed by atoms with van der Waals surface area (Å²) in [5, 5.41) is 25.2. The molecule has 26 heavy (non-hydrogen) atoms. The lowest BCUT2D eigenvalue weighted by molar-refractivity contribution is -0.114. The Morgan fingerprint density at radius 3 is 2.27 bits per heavy atom. The predicted octanol–water partition coefficient (Wildman–Crippen LogP) is 1.25. The molecule has 4 atom stereocenters. The van der Waals surface area contributed by atoms with Gasteiger partial charge >= 0.3 is 6.03 Å². The molecule has 0 unspecified atom stereocenters. The summed E-state index contributed by atoms with van der Waals surface area (Å²) in [7, 11) is 1.51. The van der Waals surface area contributed by atoms with Crippen molar-refractivity contribution in [2.24, 2.45) is 11.8 Å². The topological polar surface area (TPSA) is 111 Å². The summed E-state index contributed by atoms with van der Waals surface area (Å²) in [4.78, 5) is 25.6. The highest BCUT2D eigenvalue weighted by molar-refractivity contribution is 5.94. The fourth-order valence-electron chi connectivity index (χ4n) is 3.85. The van der Waals surface area contributed by atoms with Crippen LogP contribution in [0.15, 0.2) is 18.2 Å². The first kappa shape index (κ1) is 18.5. The van der Waals surface area contributed by atoms with E-state index in [1.165, 1.54) is 14.0 Å². The number of urea groups is 1. The van der Waals surface area contributed by atoms with Gasteiger partial charge in [0, 0.05) is 25.7 Å². The number of nitrogens with one attached hydrogen (secondary N) is 2. The molecule has 1 saturated carbocycles. The van der Waals surface area contributed by atoms with Crippen molar-refractivity contribution in [1.82, 2.24) is 4.90 Å². The number of hydrogen-bond acceptors (Lipinski definition) is 5. The Kier molecular flexibility index (Phi) is 5.33. The van der Waals surface area contributed by atoms with E-state index < -0.39 is 12.2 Å². The van der Waals surface area contributed by atoms with Gasteiger partial charge in [-0.15, -0.1) is 0 Å². The maximum absolute atomic E-state index is 12.7. The van der Waals surface area contributed by atoms with E-state index >= 15 is 0 Å². The highest BCUT2D eigenvalue weighted by Crippen LogP contribution is 2.37. The fraction of sp³-hybridized carbons (Fsp3) is 0.556. The second kappa shape index (κ2) is 7.51. The van der Waals surface area contributed by atoms with Crippen molar-refractivity contribution in [2.75, 3.05) is 30.8 Å². The molecule has 142 valence electrons. The quantitative estimate of drug-likeness (QED) is 0.646. The van der Waals surface area contributed by atoms with Gasteiger partial charge in [0.2, 0.25) is 5.91 Å². The Morgan fingerprint density at radius 1 is 1.12 bits per heavy atom. The van der Waals surface area contributed by atoms with Crippen LogP contribution in [0.3, 0.4) is 0 Å². The first-order valence-corrected chi connectivity index (χ1v) is 8.75. The molecule has 1 aromatic carbocycles. The predicted molar refractivity (Wildman–Crippen MR) is 96.1 cm³/mol. The lowest BCUT2D eigenvalue weighted by atomic mass is 9.79. The summed E-state index contributed by atoms with van der Waals surface area (Å²) in [5.74, 6) is 0.696. The number of amides is 3. The summed E-state index contributed by atoms with van der Waals surface area (Å²) < 4.78 is 5.28. The minimum absolute atomic E-state index is 0.201. The van der Waals surface area contributed by atoms with Gasteiger partial charge in [-0.25, -0.2) is 4.79 Å². The van der Waals surface area contributed by atoms with E-state index in [0.29, 0.717) is 43.1 Å². The zero-order valence-corrected chi connectivity index (χ0v) is 14.9. The number of nitrogens with zero attached hydrogens (tertiary/aromatic N) is 1. The molecular weight excluding hydrogens is 338 g/mol. The van der Waals surface area contributed by atoms with Crippen LogP contribution in [0, 0.1) is 11.8 Å². The number of anilines is 2. The van der Waals surface area contributed by atoms with Gasteiger partial charge in [0.15, 0.2) is 0 Å². The molecule has 1 heterocycles. The number of carbonyl (C=O) groups is 2. The number of fused-ring (bicyclic) bond motifs is 1. The Labute approximate surface area is 152 Å². The molecule has 2 aliphatic rings. The molecule has 8 heteroatoms. The molecule has 1 aliphatic carbocycles. The Hall–Kier alpha value is -2.32. The number of aliphatic hydroxyl groups is 2. The number of aliphatic hydroxyl groups excluding tert-OH is 2. The van der Waals surface area contributed by atoms with Crippen LogP contribution in [0.5, 0.6) is 5.75 Å². The van der Waals surface area contributed by atoms with Gasteiger partial charge in [0.1, 0.15) is 5.75 Å². The first-order chi connectivity index (χ1) is 12.4. The second-order valence-electron chi connectivity index (χ2n) is 7.06. The number of carbonyl (C=O) groups excluding carboxylic acids is 2. The number of hydrogen-bond donors (Lipinski definition) is 4. The van der Waals surface area contributed by atoms with Crippen LogP contribution in [0.1, 0.15) is 19.8 Å². The van der Waals surface area contributed by atoms with Crippen molar-refractivity contribution in [1.29, 1.82) is 0 Å². The van der Waals surface area contributed by atoms with Gasteiger partial charge < -0.3 is 30.5 Å². The molecule has 3 rings (SSSR count). The lowest BCUT2D eigenvalue weighted by Crippen LogP contribution is -2.38. The molecule has 4 N–H and O–H groups in total. The second-order valence-corrected chi connectivity index (χ2v) is 7.06. The van der Waals surface area contributed by atoms with E-state index in [1.807, 2.05) is 0 Å². The molecule has 0 spiro atoms. The average molecular weight is 363 g/mol. The van der Waals surface area contributed by atoms with Gasteiger partial charge in [-0.3, -0.25) is 4.79 Å². The third-order valence-corrected chi connectivity index (χ3v) is 5.16. The number of methoxy groups -OCH3 is 1. The molecule has 2 fully saturated rings. The minimum Gasteiger partial charge on any atom is -0.495 e. The highest BCUT2D eigenvalue weighted by Gasteiger charge is 2.42. The largest absolute Gasteiger partial charge is 0.495 e. The van der Waals surface area contributed by atoms with E-state index in [4.69, 9.17) is 4.74 Å². The monoisotopic (exact) mass is 363 g/mol. The van der Waals surface area contributed by atoms with E-state index in [0.717, 1.165) is 0 Å². The Morgan fingerprint density at radius 2 is 1.73 bits per heavy atom. The van der Waals surface area contributed by atoms with E-state index in [1.54, 1.807) is 23.1 Å². The van der Waals surface area contributed by atoms with Crippen LogP contribution in [0.2, 0.25) is 0 Å². The Bertz CT molecular complexity index is 677. The van der Waals surface area contributed by atoms with Crippen molar-refractivity contribution in [3.63, 3.8) is 0 Å². The van der Waals surface area contributed by atoms with Crippen LogP contribution in [0.4, 0.5) is 16.2 Å². The maximum Gasteiger partial charge on any atom is 0.321 e. The van der Waals surface area contributed by atoms with Gasteiger partial charge in [-0.05, 0) is 42.9 Å². The van der Waals surface area contributed by atoms with Crippen molar-refractivity contribution >= 4 is 23.3 Å². The number of benzene rings is 1. The Balaban J connectivity index is 1.69. The van der Waals surface area contributed by atoms with Crippen molar-refractivity contribution in [3.8, 4) is 5.75 Å². The van der Waals surface area contributed by atoms with Crippen molar-refractivity contribution in [3.05, 3.63) is 18.2 Å². The number of rotatable bonds is 3. The molecule has 1 saturated heterocycles. The first-order valence-electron chi connectivity index (χ1n) is 8.75. The molecule has 1 aliphatic heterocycles. The molecule has 0 aromatic heterocycles. The lowest BCUT2D eigenvalue weighted by Gasteiger charge is -2.31. The van der Waals surface area contributed by atoms with E-state index in [2.05, 4.69) is 10.6 Å². The SMILES string of the molecule is COc1ccc(NC(C)=O)cc1NC(=O)N1C[C@H]2C[C@H](O)[C@H](O)C[C@H]2C1. The summed E-state index contributed by atoms with van der Waals surface area (Å²) in [6, 6.07) is 4.76. The highest BCUT2D eigenvalue weighted by atomic mass is 16.5. The third kappa shape index (κ3) is 3.91.